The lowest BCUT2D eigenvalue weighted by Gasteiger charge is -2.08. The van der Waals surface area contributed by atoms with E-state index in [1.807, 2.05) is 42.0 Å². The van der Waals surface area contributed by atoms with Gasteiger partial charge in [-0.05, 0) is 42.1 Å². The number of nitrogens with zero attached hydrogens (tertiary/aromatic N) is 1. The first-order valence-electron chi connectivity index (χ1n) is 7.82. The normalized spacial score (nSPS) is 10.9. The van der Waals surface area contributed by atoms with Gasteiger partial charge in [-0.2, -0.15) is 0 Å². The zero-order chi connectivity index (χ0) is 18.5. The molecule has 0 bridgehead atoms. The Morgan fingerprint density at radius 2 is 2.04 bits per heavy atom. The zero-order valence-corrected chi connectivity index (χ0v) is 16.2. The lowest BCUT2D eigenvalue weighted by molar-refractivity contribution is -0.111. The lowest BCUT2D eigenvalue weighted by atomic mass is 10.1. The van der Waals surface area contributed by atoms with Gasteiger partial charge in [0.2, 0.25) is 5.91 Å². The van der Waals surface area contributed by atoms with Gasteiger partial charge in [0.15, 0.2) is 5.13 Å². The fraction of sp³-hybridized carbons (Fsp3) is 0.158. The standard InChI is InChI=1S/C19H18N2O3S2/c1-12-8-9-25-17(12)6-7-18(22)21-19-20-15(11-26-19)14-5-4-13(23-2)10-16(14)24-3/h4-11H,1-3H3,(H,20,21,22)/b7-6+. The van der Waals surface area contributed by atoms with E-state index in [-0.39, 0.29) is 5.91 Å². The number of anilines is 1. The topological polar surface area (TPSA) is 60.5 Å². The molecule has 0 atom stereocenters. The van der Waals surface area contributed by atoms with Crippen LogP contribution in [-0.2, 0) is 4.79 Å². The van der Waals surface area contributed by atoms with E-state index in [2.05, 4.69) is 10.3 Å². The smallest absolute Gasteiger partial charge is 0.250 e. The fourth-order valence-electron chi connectivity index (χ4n) is 2.32. The van der Waals surface area contributed by atoms with Gasteiger partial charge in [0.05, 0.1) is 19.9 Å². The number of carbonyl (C=O) groups is 1. The van der Waals surface area contributed by atoms with Gasteiger partial charge in [-0.25, -0.2) is 4.98 Å². The summed E-state index contributed by atoms with van der Waals surface area (Å²) in [7, 11) is 3.21. The van der Waals surface area contributed by atoms with E-state index in [9.17, 15) is 4.79 Å². The van der Waals surface area contributed by atoms with Crippen molar-refractivity contribution in [1.82, 2.24) is 4.98 Å². The highest BCUT2D eigenvalue weighted by molar-refractivity contribution is 7.14. The van der Waals surface area contributed by atoms with Crippen LogP contribution < -0.4 is 14.8 Å². The summed E-state index contributed by atoms with van der Waals surface area (Å²) in [6, 6.07) is 7.57. The van der Waals surface area contributed by atoms with Crippen molar-refractivity contribution in [3.63, 3.8) is 0 Å². The summed E-state index contributed by atoms with van der Waals surface area (Å²) >= 11 is 2.97. The summed E-state index contributed by atoms with van der Waals surface area (Å²) in [4.78, 5) is 17.7. The molecule has 5 nitrogen and oxygen atoms in total. The van der Waals surface area contributed by atoms with Crippen LogP contribution in [0, 0.1) is 6.92 Å². The van der Waals surface area contributed by atoms with Crippen LogP contribution in [0.3, 0.4) is 0 Å². The predicted octanol–water partition coefficient (Wildman–Crippen LogP) is 4.85. The highest BCUT2D eigenvalue weighted by atomic mass is 32.1. The third-order valence-electron chi connectivity index (χ3n) is 3.71. The molecule has 1 amide bonds. The SMILES string of the molecule is COc1ccc(-c2csc(NC(=O)/C=C/c3sccc3C)n2)c(OC)c1. The molecule has 0 saturated carbocycles. The van der Waals surface area contributed by atoms with Gasteiger partial charge < -0.3 is 9.47 Å². The zero-order valence-electron chi connectivity index (χ0n) is 14.6. The van der Waals surface area contributed by atoms with Crippen molar-refractivity contribution in [3.05, 3.63) is 51.5 Å². The number of benzene rings is 1. The molecule has 0 aliphatic heterocycles. The molecule has 1 aromatic carbocycles. The Hall–Kier alpha value is -2.64. The number of ether oxygens (including phenoxy) is 2. The first-order valence-corrected chi connectivity index (χ1v) is 9.57. The predicted molar refractivity (Wildman–Crippen MR) is 107 cm³/mol. The number of thiazole rings is 1. The minimum atomic E-state index is -0.208. The van der Waals surface area contributed by atoms with Gasteiger partial charge >= 0.3 is 0 Å². The molecular formula is C19H18N2O3S2. The summed E-state index contributed by atoms with van der Waals surface area (Å²) < 4.78 is 10.6. The van der Waals surface area contributed by atoms with Crippen LogP contribution in [0.5, 0.6) is 11.5 Å². The minimum Gasteiger partial charge on any atom is -0.497 e. The molecule has 0 aliphatic rings. The summed E-state index contributed by atoms with van der Waals surface area (Å²) in [6.45, 7) is 2.02. The van der Waals surface area contributed by atoms with Gasteiger partial charge in [-0.1, -0.05) is 0 Å². The van der Waals surface area contributed by atoms with E-state index in [0.29, 0.717) is 16.6 Å². The number of aryl methyl sites for hydroxylation is 1. The summed E-state index contributed by atoms with van der Waals surface area (Å²) in [5.74, 6) is 1.17. The number of nitrogens with one attached hydrogen (secondary N) is 1. The number of hydrogen-bond acceptors (Lipinski definition) is 6. The maximum atomic E-state index is 12.1. The molecule has 3 aromatic rings. The maximum absolute atomic E-state index is 12.1. The number of aromatic nitrogens is 1. The Kier molecular flexibility index (Phi) is 5.70. The molecule has 0 fully saturated rings. The maximum Gasteiger partial charge on any atom is 0.250 e. The number of amides is 1. The van der Waals surface area contributed by atoms with Crippen molar-refractivity contribution >= 4 is 39.8 Å². The summed E-state index contributed by atoms with van der Waals surface area (Å²) in [5.41, 5.74) is 2.74. The van der Waals surface area contributed by atoms with Crippen molar-refractivity contribution in [3.8, 4) is 22.8 Å². The average molecular weight is 386 g/mol. The van der Waals surface area contributed by atoms with Gasteiger partial charge in [0.25, 0.3) is 0 Å². The van der Waals surface area contributed by atoms with Crippen molar-refractivity contribution in [2.45, 2.75) is 6.92 Å². The lowest BCUT2D eigenvalue weighted by Crippen LogP contribution is -2.07. The largest absolute Gasteiger partial charge is 0.497 e. The Labute approximate surface area is 159 Å². The van der Waals surface area contributed by atoms with Crippen molar-refractivity contribution < 1.29 is 14.3 Å². The van der Waals surface area contributed by atoms with Crippen LogP contribution in [0.25, 0.3) is 17.3 Å². The third-order valence-corrected chi connectivity index (χ3v) is 5.45. The molecule has 1 N–H and O–H groups in total. The number of hydrogen-bond donors (Lipinski definition) is 1. The Morgan fingerprint density at radius 1 is 1.19 bits per heavy atom. The monoisotopic (exact) mass is 386 g/mol. The second-order valence-corrected chi connectivity index (χ2v) is 7.20. The highest BCUT2D eigenvalue weighted by Crippen LogP contribution is 2.34. The third kappa shape index (κ3) is 4.12. The van der Waals surface area contributed by atoms with Crippen molar-refractivity contribution in [2.75, 3.05) is 19.5 Å². The van der Waals surface area contributed by atoms with E-state index >= 15 is 0 Å². The summed E-state index contributed by atoms with van der Waals surface area (Å²) in [6.07, 6.45) is 3.34. The van der Waals surface area contributed by atoms with E-state index in [1.165, 1.54) is 17.4 Å². The number of carbonyl (C=O) groups excluding carboxylic acids is 1. The molecule has 134 valence electrons. The molecule has 0 aliphatic carbocycles. The number of rotatable bonds is 6. The molecular weight excluding hydrogens is 368 g/mol. The van der Waals surface area contributed by atoms with E-state index in [4.69, 9.17) is 9.47 Å². The number of methoxy groups -OCH3 is 2. The van der Waals surface area contributed by atoms with Crippen LogP contribution in [-0.4, -0.2) is 25.1 Å². The molecule has 0 spiro atoms. The molecule has 2 aromatic heterocycles. The average Bonchev–Trinajstić information content (AvgIpc) is 3.28. The van der Waals surface area contributed by atoms with Gasteiger partial charge in [0, 0.05) is 28.0 Å². The molecule has 7 heteroatoms. The van der Waals surface area contributed by atoms with Crippen LogP contribution in [0.1, 0.15) is 10.4 Å². The van der Waals surface area contributed by atoms with Crippen LogP contribution in [0.4, 0.5) is 5.13 Å². The first kappa shape index (κ1) is 18.2. The molecule has 26 heavy (non-hydrogen) atoms. The molecule has 0 saturated heterocycles. The van der Waals surface area contributed by atoms with E-state index < -0.39 is 0 Å². The van der Waals surface area contributed by atoms with Gasteiger partial charge in [-0.3, -0.25) is 10.1 Å². The molecule has 2 heterocycles. The van der Waals surface area contributed by atoms with Crippen LogP contribution in [0.2, 0.25) is 0 Å². The van der Waals surface area contributed by atoms with Gasteiger partial charge in [-0.15, -0.1) is 22.7 Å². The molecule has 0 unspecified atom stereocenters. The minimum absolute atomic E-state index is 0.208. The van der Waals surface area contributed by atoms with Gasteiger partial charge in [0.1, 0.15) is 11.5 Å². The molecule has 3 rings (SSSR count). The Morgan fingerprint density at radius 3 is 2.73 bits per heavy atom. The van der Waals surface area contributed by atoms with Crippen LogP contribution >= 0.6 is 22.7 Å². The Bertz CT molecular complexity index is 944. The number of thiophene rings is 1. The van der Waals surface area contributed by atoms with Crippen molar-refractivity contribution in [2.24, 2.45) is 0 Å². The quantitative estimate of drug-likeness (QED) is 0.615. The second kappa shape index (κ2) is 8.16. The fourth-order valence-corrected chi connectivity index (χ4v) is 3.85. The molecule has 0 radical (unpaired) electrons. The second-order valence-electron chi connectivity index (χ2n) is 5.39. The first-order chi connectivity index (χ1) is 12.6. The van der Waals surface area contributed by atoms with E-state index in [1.54, 1.807) is 31.6 Å². The van der Waals surface area contributed by atoms with E-state index in [0.717, 1.165) is 21.7 Å². The van der Waals surface area contributed by atoms with Crippen LogP contribution in [0.15, 0.2) is 41.1 Å². The highest BCUT2D eigenvalue weighted by Gasteiger charge is 2.12. The summed E-state index contributed by atoms with van der Waals surface area (Å²) in [5, 5.41) is 7.22. The van der Waals surface area contributed by atoms with Crippen molar-refractivity contribution in [1.29, 1.82) is 0 Å². The Balaban J connectivity index is 1.73.